The molecule has 1 aromatic rings. The number of rotatable bonds is 7. The maximum Gasteiger partial charge on any atom is 0.224 e. The van der Waals surface area contributed by atoms with Crippen LogP contribution in [0.2, 0.25) is 0 Å². The summed E-state index contributed by atoms with van der Waals surface area (Å²) in [5.41, 5.74) is 0.824. The molecule has 0 heterocycles. The highest BCUT2D eigenvalue weighted by atomic mass is 16.5. The highest BCUT2D eigenvalue weighted by Gasteiger charge is 2.12. The second-order valence-corrected chi connectivity index (χ2v) is 4.28. The fourth-order valence-electron chi connectivity index (χ4n) is 1.79. The molecule has 106 valence electrons. The molecule has 1 rings (SSSR count). The van der Waals surface area contributed by atoms with Crippen LogP contribution in [0.3, 0.4) is 0 Å². The van der Waals surface area contributed by atoms with E-state index in [9.17, 15) is 4.79 Å². The largest absolute Gasteiger partial charge is 0.497 e. The van der Waals surface area contributed by atoms with E-state index < -0.39 is 0 Å². The number of benzene rings is 1. The second kappa shape index (κ2) is 7.63. The van der Waals surface area contributed by atoms with Gasteiger partial charge < -0.3 is 19.5 Å². The minimum absolute atomic E-state index is 0.0123. The molecular weight excluding hydrogens is 246 g/mol. The van der Waals surface area contributed by atoms with E-state index >= 15 is 0 Å². The fourth-order valence-corrected chi connectivity index (χ4v) is 1.79. The molecule has 0 saturated carbocycles. The van der Waals surface area contributed by atoms with Gasteiger partial charge >= 0.3 is 0 Å². The van der Waals surface area contributed by atoms with Crippen molar-refractivity contribution in [2.24, 2.45) is 0 Å². The number of nitrogens with one attached hydrogen (secondary N) is 1. The molecule has 0 aromatic heterocycles. The average molecular weight is 267 g/mol. The van der Waals surface area contributed by atoms with E-state index in [0.717, 1.165) is 5.56 Å². The average Bonchev–Trinajstić information content (AvgIpc) is 2.39. The van der Waals surface area contributed by atoms with Gasteiger partial charge in [-0.1, -0.05) is 6.07 Å². The Hall–Kier alpha value is -1.75. The molecule has 0 aliphatic rings. The normalized spacial score (nSPS) is 11.8. The van der Waals surface area contributed by atoms with Gasteiger partial charge in [-0.2, -0.15) is 0 Å². The van der Waals surface area contributed by atoms with Crippen LogP contribution in [-0.2, 0) is 16.0 Å². The van der Waals surface area contributed by atoms with Gasteiger partial charge in [0.25, 0.3) is 0 Å². The Kier molecular flexibility index (Phi) is 6.15. The third-order valence-electron chi connectivity index (χ3n) is 2.67. The van der Waals surface area contributed by atoms with Gasteiger partial charge in [0.1, 0.15) is 11.5 Å². The van der Waals surface area contributed by atoms with Crippen LogP contribution in [0.5, 0.6) is 11.5 Å². The number of carbonyl (C=O) groups excluding carboxylic acids is 1. The minimum Gasteiger partial charge on any atom is -0.497 e. The van der Waals surface area contributed by atoms with Crippen LogP contribution in [0.15, 0.2) is 18.2 Å². The molecule has 0 radical (unpaired) electrons. The van der Waals surface area contributed by atoms with Crippen LogP contribution in [0.4, 0.5) is 0 Å². The summed E-state index contributed by atoms with van der Waals surface area (Å²) in [7, 11) is 4.77. The number of ether oxygens (including phenoxy) is 3. The Morgan fingerprint density at radius 3 is 2.58 bits per heavy atom. The zero-order valence-electron chi connectivity index (χ0n) is 11.9. The van der Waals surface area contributed by atoms with Crippen molar-refractivity contribution in [3.8, 4) is 11.5 Å². The van der Waals surface area contributed by atoms with Crippen molar-refractivity contribution in [1.82, 2.24) is 5.32 Å². The van der Waals surface area contributed by atoms with Gasteiger partial charge in [0.05, 0.1) is 27.2 Å². The molecule has 1 aromatic carbocycles. The van der Waals surface area contributed by atoms with Gasteiger partial charge in [0.2, 0.25) is 5.91 Å². The van der Waals surface area contributed by atoms with E-state index in [1.165, 1.54) is 0 Å². The summed E-state index contributed by atoms with van der Waals surface area (Å²) >= 11 is 0. The summed E-state index contributed by atoms with van der Waals surface area (Å²) in [6.45, 7) is 2.39. The van der Waals surface area contributed by atoms with Crippen LogP contribution >= 0.6 is 0 Å². The maximum atomic E-state index is 11.9. The van der Waals surface area contributed by atoms with Gasteiger partial charge in [-0.25, -0.2) is 0 Å². The predicted molar refractivity (Wildman–Crippen MR) is 72.7 cm³/mol. The first-order valence-corrected chi connectivity index (χ1v) is 6.10. The number of amides is 1. The van der Waals surface area contributed by atoms with Crippen LogP contribution < -0.4 is 14.8 Å². The molecule has 0 spiro atoms. The highest BCUT2D eigenvalue weighted by molar-refractivity contribution is 5.79. The van der Waals surface area contributed by atoms with Crippen molar-refractivity contribution in [2.75, 3.05) is 27.9 Å². The zero-order chi connectivity index (χ0) is 14.3. The van der Waals surface area contributed by atoms with Crippen molar-refractivity contribution in [2.45, 2.75) is 19.4 Å². The Morgan fingerprint density at radius 2 is 2.00 bits per heavy atom. The first-order valence-electron chi connectivity index (χ1n) is 6.10. The lowest BCUT2D eigenvalue weighted by Crippen LogP contribution is -2.36. The first kappa shape index (κ1) is 15.3. The molecule has 0 fully saturated rings. The molecule has 0 saturated heterocycles. The van der Waals surface area contributed by atoms with E-state index in [2.05, 4.69) is 5.32 Å². The molecule has 5 nitrogen and oxygen atoms in total. The molecule has 5 heteroatoms. The molecule has 1 N–H and O–H groups in total. The number of methoxy groups -OCH3 is 3. The summed E-state index contributed by atoms with van der Waals surface area (Å²) in [6, 6.07) is 5.39. The Morgan fingerprint density at radius 1 is 1.26 bits per heavy atom. The predicted octanol–water partition coefficient (Wildman–Crippen LogP) is 1.40. The topological polar surface area (TPSA) is 56.8 Å². The van der Waals surface area contributed by atoms with Crippen molar-refractivity contribution < 1.29 is 19.0 Å². The smallest absolute Gasteiger partial charge is 0.224 e. The Bertz CT molecular complexity index is 420. The molecule has 1 atom stereocenters. The van der Waals surface area contributed by atoms with Crippen molar-refractivity contribution in [3.63, 3.8) is 0 Å². The van der Waals surface area contributed by atoms with E-state index in [-0.39, 0.29) is 18.4 Å². The van der Waals surface area contributed by atoms with Gasteiger partial charge in [0.15, 0.2) is 0 Å². The lowest BCUT2D eigenvalue weighted by Gasteiger charge is -2.14. The van der Waals surface area contributed by atoms with E-state index in [1.807, 2.05) is 19.1 Å². The van der Waals surface area contributed by atoms with E-state index in [4.69, 9.17) is 14.2 Å². The van der Waals surface area contributed by atoms with Crippen molar-refractivity contribution >= 4 is 5.91 Å². The summed E-state index contributed by atoms with van der Waals surface area (Å²) in [4.78, 5) is 11.9. The summed E-state index contributed by atoms with van der Waals surface area (Å²) in [6.07, 6.45) is 0.265. The van der Waals surface area contributed by atoms with Gasteiger partial charge in [0, 0.05) is 24.8 Å². The van der Waals surface area contributed by atoms with Crippen LogP contribution in [0.25, 0.3) is 0 Å². The number of carbonyl (C=O) groups is 1. The van der Waals surface area contributed by atoms with Crippen molar-refractivity contribution in [3.05, 3.63) is 23.8 Å². The standard InChI is InChI=1S/C14H21NO4/c1-10(9-17-2)15-14(16)7-11-5-6-12(18-3)8-13(11)19-4/h5-6,8,10H,7,9H2,1-4H3,(H,15,16). The summed E-state index contributed by atoms with van der Waals surface area (Å²) in [5, 5.41) is 2.86. The SMILES string of the molecule is COCC(C)NC(=O)Cc1ccc(OC)cc1OC. The zero-order valence-corrected chi connectivity index (χ0v) is 11.9. The number of hydrogen-bond donors (Lipinski definition) is 1. The molecule has 0 bridgehead atoms. The lowest BCUT2D eigenvalue weighted by molar-refractivity contribution is -0.121. The lowest BCUT2D eigenvalue weighted by atomic mass is 10.1. The maximum absolute atomic E-state index is 11.9. The third kappa shape index (κ3) is 4.79. The summed E-state index contributed by atoms with van der Waals surface area (Å²) < 4.78 is 15.3. The highest BCUT2D eigenvalue weighted by Crippen LogP contribution is 2.24. The second-order valence-electron chi connectivity index (χ2n) is 4.28. The third-order valence-corrected chi connectivity index (χ3v) is 2.67. The van der Waals surface area contributed by atoms with Crippen LogP contribution in [0, 0.1) is 0 Å². The number of hydrogen-bond acceptors (Lipinski definition) is 4. The van der Waals surface area contributed by atoms with E-state index in [0.29, 0.717) is 18.1 Å². The Labute approximate surface area is 113 Å². The molecule has 1 amide bonds. The van der Waals surface area contributed by atoms with Crippen molar-refractivity contribution in [1.29, 1.82) is 0 Å². The monoisotopic (exact) mass is 267 g/mol. The molecule has 1 unspecified atom stereocenters. The molecular formula is C14H21NO4. The molecule has 19 heavy (non-hydrogen) atoms. The van der Waals surface area contributed by atoms with Crippen LogP contribution in [0.1, 0.15) is 12.5 Å². The summed E-state index contributed by atoms with van der Waals surface area (Å²) in [5.74, 6) is 1.29. The van der Waals surface area contributed by atoms with Gasteiger partial charge in [-0.15, -0.1) is 0 Å². The Balaban J connectivity index is 2.68. The minimum atomic E-state index is -0.0620. The molecule has 0 aliphatic carbocycles. The fraction of sp³-hybridized carbons (Fsp3) is 0.500. The van der Waals surface area contributed by atoms with Gasteiger partial charge in [-0.05, 0) is 13.0 Å². The molecule has 0 aliphatic heterocycles. The quantitative estimate of drug-likeness (QED) is 0.811. The van der Waals surface area contributed by atoms with E-state index in [1.54, 1.807) is 27.4 Å². The van der Waals surface area contributed by atoms with Crippen LogP contribution in [-0.4, -0.2) is 39.9 Å². The first-order chi connectivity index (χ1) is 9.10. The van der Waals surface area contributed by atoms with Gasteiger partial charge in [-0.3, -0.25) is 4.79 Å².